The topological polar surface area (TPSA) is 101 Å². The summed E-state index contributed by atoms with van der Waals surface area (Å²) in [4.78, 5) is 58.9. The lowest BCUT2D eigenvalue weighted by Crippen LogP contribution is -2.29. The Morgan fingerprint density at radius 1 is 1.00 bits per heavy atom. The van der Waals surface area contributed by atoms with Crippen molar-refractivity contribution in [2.45, 2.75) is 45.4 Å². The Balaban J connectivity index is 0. The van der Waals surface area contributed by atoms with E-state index in [2.05, 4.69) is 0 Å². The number of aldehydes is 2. The van der Waals surface area contributed by atoms with Gasteiger partial charge in [-0.1, -0.05) is 12.5 Å². The van der Waals surface area contributed by atoms with E-state index < -0.39 is 11.9 Å². The van der Waals surface area contributed by atoms with Gasteiger partial charge in [-0.05, 0) is 25.8 Å². The summed E-state index contributed by atoms with van der Waals surface area (Å²) in [6.07, 6.45) is 7.91. The van der Waals surface area contributed by atoms with Crippen molar-refractivity contribution in [2.24, 2.45) is 0 Å². The fraction of sp³-hybridized carbons (Fsp3) is 0.588. The summed E-state index contributed by atoms with van der Waals surface area (Å²) in [5, 5.41) is 0.867. The van der Waals surface area contributed by atoms with E-state index in [9.17, 15) is 24.0 Å². The molecule has 25 heavy (non-hydrogen) atoms. The first-order valence-electron chi connectivity index (χ1n) is 8.05. The van der Waals surface area contributed by atoms with Crippen molar-refractivity contribution in [1.29, 1.82) is 0 Å². The fourth-order valence-electron chi connectivity index (χ4n) is 1.53. The molecule has 0 fully saturated rings. The van der Waals surface area contributed by atoms with Crippen LogP contribution in [0.3, 0.4) is 0 Å². The monoisotopic (exact) mass is 356 g/mol. The van der Waals surface area contributed by atoms with Crippen LogP contribution in [0.25, 0.3) is 0 Å². The highest BCUT2D eigenvalue weighted by atomic mass is 16.7. The summed E-state index contributed by atoms with van der Waals surface area (Å²) in [6.45, 7) is 2.46. The second kappa shape index (κ2) is 17.8. The molecule has 0 saturated heterocycles. The van der Waals surface area contributed by atoms with E-state index in [1.54, 1.807) is 20.0 Å². The van der Waals surface area contributed by atoms with Gasteiger partial charge in [0.1, 0.15) is 12.6 Å². The zero-order valence-corrected chi connectivity index (χ0v) is 15.2. The lowest BCUT2D eigenvalue weighted by atomic mass is 10.2. The van der Waals surface area contributed by atoms with Gasteiger partial charge >= 0.3 is 5.97 Å². The van der Waals surface area contributed by atoms with Gasteiger partial charge in [0.15, 0.2) is 0 Å². The molecule has 0 heterocycles. The van der Waals surface area contributed by atoms with Gasteiger partial charge in [-0.3, -0.25) is 14.4 Å². The molecule has 0 saturated carbocycles. The third kappa shape index (κ3) is 17.7. The Morgan fingerprint density at radius 2 is 1.68 bits per heavy atom. The molecular weight excluding hydrogens is 328 g/mol. The number of allylic oxidation sites excluding steroid dienone is 2. The maximum atomic E-state index is 11.4. The van der Waals surface area contributed by atoms with Crippen molar-refractivity contribution >= 4 is 30.9 Å². The number of hydrogen-bond donors (Lipinski definition) is 0. The molecule has 8 nitrogen and oxygen atoms in total. The van der Waals surface area contributed by atoms with Gasteiger partial charge < -0.3 is 14.5 Å². The van der Waals surface area contributed by atoms with Crippen molar-refractivity contribution in [3.63, 3.8) is 0 Å². The first-order valence-corrected chi connectivity index (χ1v) is 8.05. The molecule has 0 radical (unpaired) electrons. The molecule has 0 rings (SSSR count). The van der Waals surface area contributed by atoms with Gasteiger partial charge in [-0.15, -0.1) is 0 Å². The highest BCUT2D eigenvalue weighted by molar-refractivity contribution is 5.79. The number of amides is 2. The minimum Gasteiger partial charge on any atom is -0.348 e. The quantitative estimate of drug-likeness (QED) is 0.239. The molecule has 0 aliphatic heterocycles. The summed E-state index contributed by atoms with van der Waals surface area (Å²) in [6, 6.07) is 0. The second-order valence-corrected chi connectivity index (χ2v) is 5.12. The molecule has 0 unspecified atom stereocenters. The fourth-order valence-corrected chi connectivity index (χ4v) is 1.53. The number of rotatable bonds is 11. The normalized spacial score (nSPS) is 9.56. The average molecular weight is 356 g/mol. The Kier molecular flexibility index (Phi) is 17.7. The number of hydroxylamine groups is 2. The van der Waals surface area contributed by atoms with Crippen LogP contribution in [0.15, 0.2) is 12.2 Å². The van der Waals surface area contributed by atoms with E-state index in [1.165, 1.54) is 18.0 Å². The van der Waals surface area contributed by atoms with Gasteiger partial charge in [0.05, 0.1) is 0 Å². The van der Waals surface area contributed by atoms with Crippen LogP contribution in [0.1, 0.15) is 45.4 Å². The lowest BCUT2D eigenvalue weighted by molar-refractivity contribution is -0.192. The van der Waals surface area contributed by atoms with Gasteiger partial charge in [0, 0.05) is 39.9 Å². The van der Waals surface area contributed by atoms with Gasteiger partial charge in [-0.25, -0.2) is 4.79 Å². The molecule has 2 amide bonds. The van der Waals surface area contributed by atoms with E-state index in [4.69, 9.17) is 4.84 Å². The van der Waals surface area contributed by atoms with Crippen LogP contribution >= 0.6 is 0 Å². The minimum atomic E-state index is -0.476. The molecule has 142 valence electrons. The van der Waals surface area contributed by atoms with Crippen molar-refractivity contribution < 1.29 is 28.8 Å². The van der Waals surface area contributed by atoms with Crippen LogP contribution in [0.4, 0.5) is 0 Å². The first kappa shape index (κ1) is 24.7. The molecule has 0 N–H and O–H groups in total. The molecule has 0 aromatic carbocycles. The summed E-state index contributed by atoms with van der Waals surface area (Å²) in [5.74, 6) is -0.881. The SMILES string of the molecule is C/C=C\C=O.CN(C=O)CCCCCC(=O)ON(C)C(=O)CCC=O. The zero-order valence-electron chi connectivity index (χ0n) is 15.2. The first-order chi connectivity index (χ1) is 11.9. The Bertz CT molecular complexity index is 437. The molecule has 0 aromatic heterocycles. The van der Waals surface area contributed by atoms with Crippen molar-refractivity contribution in [1.82, 2.24) is 9.96 Å². The number of hydrogen-bond acceptors (Lipinski definition) is 6. The van der Waals surface area contributed by atoms with E-state index in [0.717, 1.165) is 30.6 Å². The third-order valence-electron chi connectivity index (χ3n) is 2.91. The molecular formula is C17H28N2O6. The molecule has 0 spiro atoms. The van der Waals surface area contributed by atoms with Crippen molar-refractivity contribution in [2.75, 3.05) is 20.6 Å². The summed E-state index contributed by atoms with van der Waals surface area (Å²) < 4.78 is 0. The Morgan fingerprint density at radius 3 is 2.16 bits per heavy atom. The average Bonchev–Trinajstić information content (AvgIpc) is 2.60. The highest BCUT2D eigenvalue weighted by Crippen LogP contribution is 2.04. The Labute approximate surface area is 148 Å². The summed E-state index contributed by atoms with van der Waals surface area (Å²) >= 11 is 0. The molecule has 0 bridgehead atoms. The van der Waals surface area contributed by atoms with Gasteiger partial charge in [-0.2, -0.15) is 5.06 Å². The smallest absolute Gasteiger partial charge is 0.332 e. The van der Waals surface area contributed by atoms with E-state index >= 15 is 0 Å². The summed E-state index contributed by atoms with van der Waals surface area (Å²) in [5.41, 5.74) is 0. The summed E-state index contributed by atoms with van der Waals surface area (Å²) in [7, 11) is 3.05. The predicted molar refractivity (Wildman–Crippen MR) is 92.2 cm³/mol. The van der Waals surface area contributed by atoms with Crippen molar-refractivity contribution in [3.8, 4) is 0 Å². The predicted octanol–water partition coefficient (Wildman–Crippen LogP) is 1.29. The highest BCUT2D eigenvalue weighted by Gasteiger charge is 2.13. The van der Waals surface area contributed by atoms with Crippen LogP contribution in [0, 0.1) is 0 Å². The second-order valence-electron chi connectivity index (χ2n) is 5.12. The standard InChI is InChI=1S/C13H22N2O5.C4H6O/c1-14(11-17)9-5-3-4-8-13(19)20-15(2)12(18)7-6-10-16;1-2-3-4-5/h10-11H,3-9H2,1-2H3;2-4H,1H3/b;3-2-. The van der Waals surface area contributed by atoms with E-state index in [1.807, 2.05) is 0 Å². The number of carbonyl (C=O) groups excluding carboxylic acids is 5. The number of unbranched alkanes of at least 4 members (excludes halogenated alkanes) is 2. The molecule has 0 atom stereocenters. The van der Waals surface area contributed by atoms with Crippen LogP contribution in [0.5, 0.6) is 0 Å². The lowest BCUT2D eigenvalue weighted by Gasteiger charge is -2.15. The van der Waals surface area contributed by atoms with Gasteiger partial charge in [0.25, 0.3) is 5.91 Å². The minimum absolute atomic E-state index is 0.0330. The van der Waals surface area contributed by atoms with E-state index in [0.29, 0.717) is 19.3 Å². The van der Waals surface area contributed by atoms with Gasteiger partial charge in [0.2, 0.25) is 6.41 Å². The van der Waals surface area contributed by atoms with Crippen LogP contribution in [0.2, 0.25) is 0 Å². The molecule has 0 aliphatic carbocycles. The zero-order chi connectivity index (χ0) is 19.5. The maximum absolute atomic E-state index is 11.4. The van der Waals surface area contributed by atoms with E-state index in [-0.39, 0.29) is 19.3 Å². The molecule has 0 aliphatic rings. The van der Waals surface area contributed by atoms with Crippen molar-refractivity contribution in [3.05, 3.63) is 12.2 Å². The van der Waals surface area contributed by atoms with Crippen LogP contribution < -0.4 is 0 Å². The number of carbonyl (C=O) groups is 5. The molecule has 8 heteroatoms. The largest absolute Gasteiger partial charge is 0.348 e. The molecule has 0 aromatic rings. The van der Waals surface area contributed by atoms with Crippen LogP contribution in [-0.4, -0.2) is 61.5 Å². The van der Waals surface area contributed by atoms with Crippen LogP contribution in [-0.2, 0) is 28.8 Å². The number of nitrogens with zero attached hydrogens (tertiary/aromatic N) is 2. The third-order valence-corrected chi connectivity index (χ3v) is 2.91. The maximum Gasteiger partial charge on any atom is 0.332 e. The Hall–Kier alpha value is -2.51.